The van der Waals surface area contributed by atoms with Gasteiger partial charge >= 0.3 is 6.16 Å². The second-order valence-corrected chi connectivity index (χ2v) is 7.55. The molecule has 35 heavy (non-hydrogen) atoms. The summed E-state index contributed by atoms with van der Waals surface area (Å²) in [6.45, 7) is 2.18. The van der Waals surface area contributed by atoms with Gasteiger partial charge in [0.2, 0.25) is 5.91 Å². The lowest BCUT2D eigenvalue weighted by Gasteiger charge is -2.10. The second kappa shape index (κ2) is 12.8. The van der Waals surface area contributed by atoms with Gasteiger partial charge in [-0.25, -0.2) is 4.79 Å². The maximum atomic E-state index is 12.5. The van der Waals surface area contributed by atoms with Gasteiger partial charge < -0.3 is 24.8 Å². The molecular weight excluding hydrogens is 448 g/mol. The van der Waals surface area contributed by atoms with Gasteiger partial charge in [-0.1, -0.05) is 30.3 Å². The lowest BCUT2D eigenvalue weighted by atomic mass is 10.1. The highest BCUT2D eigenvalue weighted by Gasteiger charge is 2.10. The monoisotopic (exact) mass is 476 g/mol. The summed E-state index contributed by atoms with van der Waals surface area (Å²) < 4.78 is 15.0. The minimum absolute atomic E-state index is 0.109. The average molecular weight is 477 g/mol. The Morgan fingerprint density at radius 2 is 1.69 bits per heavy atom. The van der Waals surface area contributed by atoms with Crippen LogP contribution in [0.5, 0.6) is 11.5 Å². The molecule has 0 saturated heterocycles. The Hall–Kier alpha value is -4.33. The quantitative estimate of drug-likeness (QED) is 0.324. The summed E-state index contributed by atoms with van der Waals surface area (Å²) in [4.78, 5) is 36.2. The van der Waals surface area contributed by atoms with Crippen molar-refractivity contribution in [3.05, 3.63) is 89.5 Å². The van der Waals surface area contributed by atoms with E-state index in [9.17, 15) is 14.4 Å². The number of aryl methyl sites for hydroxylation is 1. The number of para-hydroxylation sites is 1. The molecule has 182 valence electrons. The smallest absolute Gasteiger partial charge is 0.496 e. The third-order valence-electron chi connectivity index (χ3n) is 5.06. The molecule has 0 aliphatic rings. The van der Waals surface area contributed by atoms with Gasteiger partial charge in [-0.15, -0.1) is 0 Å². The number of hydrogen-bond acceptors (Lipinski definition) is 6. The Kier molecular flexibility index (Phi) is 9.24. The van der Waals surface area contributed by atoms with Gasteiger partial charge in [-0.2, -0.15) is 0 Å². The summed E-state index contributed by atoms with van der Waals surface area (Å²) >= 11 is 0. The van der Waals surface area contributed by atoms with Crippen molar-refractivity contribution in [1.82, 2.24) is 5.32 Å². The summed E-state index contributed by atoms with van der Waals surface area (Å²) in [5.74, 6) is 0.662. The van der Waals surface area contributed by atoms with E-state index in [2.05, 4.69) is 10.6 Å². The van der Waals surface area contributed by atoms with Crippen molar-refractivity contribution < 1.29 is 28.6 Å². The molecule has 0 aliphatic heterocycles. The molecule has 3 aromatic carbocycles. The maximum Gasteiger partial charge on any atom is 0.513 e. The van der Waals surface area contributed by atoms with Gasteiger partial charge in [0.05, 0.1) is 13.7 Å². The molecule has 0 saturated carbocycles. The first kappa shape index (κ1) is 25.3. The van der Waals surface area contributed by atoms with Crippen LogP contribution in [-0.2, 0) is 22.5 Å². The van der Waals surface area contributed by atoms with E-state index in [-0.39, 0.29) is 30.7 Å². The number of hydrogen-bond donors (Lipinski definition) is 2. The standard InChI is InChI=1S/C27H28N2O6/c1-3-34-27(32)35-23-14-11-21(12-15-23)26(31)28-18-19-7-6-9-22(17-19)29-25(30)16-13-20-8-4-5-10-24(20)33-2/h4-12,14-15,17H,3,13,16,18H2,1-2H3,(H,28,31)(H,29,30). The van der Waals surface area contributed by atoms with Crippen LogP contribution in [0.15, 0.2) is 72.8 Å². The van der Waals surface area contributed by atoms with E-state index in [4.69, 9.17) is 14.2 Å². The van der Waals surface area contributed by atoms with Crippen LogP contribution >= 0.6 is 0 Å². The topological polar surface area (TPSA) is 103 Å². The number of carbonyl (C=O) groups is 3. The number of benzene rings is 3. The van der Waals surface area contributed by atoms with E-state index in [1.54, 1.807) is 32.2 Å². The third-order valence-corrected chi connectivity index (χ3v) is 5.06. The molecule has 3 aromatic rings. The zero-order valence-corrected chi connectivity index (χ0v) is 19.7. The van der Waals surface area contributed by atoms with Crippen molar-refractivity contribution in [3.63, 3.8) is 0 Å². The minimum Gasteiger partial charge on any atom is -0.496 e. The number of nitrogens with one attached hydrogen (secondary N) is 2. The Morgan fingerprint density at radius 3 is 2.43 bits per heavy atom. The molecule has 3 rings (SSSR count). The molecule has 2 amide bonds. The Labute approximate surface area is 204 Å². The van der Waals surface area contributed by atoms with Gasteiger partial charge in [-0.3, -0.25) is 9.59 Å². The molecule has 0 aromatic heterocycles. The Bertz CT molecular complexity index is 1160. The lowest BCUT2D eigenvalue weighted by Crippen LogP contribution is -2.23. The molecule has 0 unspecified atom stereocenters. The van der Waals surface area contributed by atoms with Crippen molar-refractivity contribution in [2.75, 3.05) is 19.0 Å². The van der Waals surface area contributed by atoms with Crippen LogP contribution in [-0.4, -0.2) is 31.7 Å². The van der Waals surface area contributed by atoms with E-state index in [1.807, 2.05) is 42.5 Å². The third kappa shape index (κ3) is 7.89. The van der Waals surface area contributed by atoms with Crippen molar-refractivity contribution in [2.45, 2.75) is 26.3 Å². The Balaban J connectivity index is 1.49. The van der Waals surface area contributed by atoms with Crippen LogP contribution in [0.25, 0.3) is 0 Å². The molecule has 0 atom stereocenters. The van der Waals surface area contributed by atoms with Crippen molar-refractivity contribution >= 4 is 23.7 Å². The molecule has 0 spiro atoms. The normalized spacial score (nSPS) is 10.2. The van der Waals surface area contributed by atoms with Crippen LogP contribution in [0.2, 0.25) is 0 Å². The maximum absolute atomic E-state index is 12.5. The van der Waals surface area contributed by atoms with Gasteiger partial charge in [0, 0.05) is 24.2 Å². The van der Waals surface area contributed by atoms with Gasteiger partial charge in [-0.05, 0) is 66.9 Å². The lowest BCUT2D eigenvalue weighted by molar-refractivity contribution is -0.116. The number of rotatable bonds is 10. The Morgan fingerprint density at radius 1 is 0.914 bits per heavy atom. The number of carbonyl (C=O) groups excluding carboxylic acids is 3. The van der Waals surface area contributed by atoms with Crippen molar-refractivity contribution in [1.29, 1.82) is 0 Å². The highest BCUT2D eigenvalue weighted by atomic mass is 16.7. The average Bonchev–Trinajstić information content (AvgIpc) is 2.87. The number of ether oxygens (including phenoxy) is 3. The fourth-order valence-electron chi connectivity index (χ4n) is 3.34. The summed E-state index contributed by atoms with van der Waals surface area (Å²) in [5.41, 5.74) is 2.88. The van der Waals surface area contributed by atoms with Gasteiger partial charge in [0.15, 0.2) is 0 Å². The minimum atomic E-state index is -0.795. The van der Waals surface area contributed by atoms with Crippen molar-refractivity contribution in [2.24, 2.45) is 0 Å². The van der Waals surface area contributed by atoms with Gasteiger partial charge in [0.1, 0.15) is 11.5 Å². The molecule has 2 N–H and O–H groups in total. The van der Waals surface area contributed by atoms with Crippen LogP contribution < -0.4 is 20.1 Å². The predicted octanol–water partition coefficient (Wildman–Crippen LogP) is 4.73. The first-order chi connectivity index (χ1) is 17.0. The van der Waals surface area contributed by atoms with Crippen molar-refractivity contribution in [3.8, 4) is 11.5 Å². The van der Waals surface area contributed by atoms with E-state index in [1.165, 1.54) is 12.1 Å². The van der Waals surface area contributed by atoms with Crippen LogP contribution in [0.1, 0.15) is 34.8 Å². The fourth-order valence-corrected chi connectivity index (χ4v) is 3.34. The molecule has 0 bridgehead atoms. The highest BCUT2D eigenvalue weighted by molar-refractivity contribution is 5.94. The molecule has 0 fully saturated rings. The zero-order valence-electron chi connectivity index (χ0n) is 19.7. The summed E-state index contributed by atoms with van der Waals surface area (Å²) in [6, 6.07) is 21.1. The van der Waals surface area contributed by atoms with E-state index in [0.29, 0.717) is 24.1 Å². The summed E-state index contributed by atoms with van der Waals surface area (Å²) in [5, 5.41) is 5.73. The van der Waals surface area contributed by atoms with Crippen LogP contribution in [0.3, 0.4) is 0 Å². The number of anilines is 1. The summed E-state index contributed by atoms with van der Waals surface area (Å²) in [7, 11) is 1.61. The second-order valence-electron chi connectivity index (χ2n) is 7.55. The predicted molar refractivity (Wildman–Crippen MR) is 132 cm³/mol. The van der Waals surface area contributed by atoms with E-state index < -0.39 is 6.16 Å². The van der Waals surface area contributed by atoms with E-state index >= 15 is 0 Å². The molecule has 8 nitrogen and oxygen atoms in total. The molecular formula is C27H28N2O6. The largest absolute Gasteiger partial charge is 0.513 e. The van der Waals surface area contributed by atoms with Crippen LogP contribution in [0.4, 0.5) is 10.5 Å². The first-order valence-corrected chi connectivity index (χ1v) is 11.2. The highest BCUT2D eigenvalue weighted by Crippen LogP contribution is 2.19. The SMILES string of the molecule is CCOC(=O)Oc1ccc(C(=O)NCc2cccc(NC(=O)CCc3ccccc3OC)c2)cc1. The van der Waals surface area contributed by atoms with Gasteiger partial charge in [0.25, 0.3) is 5.91 Å². The molecule has 0 heterocycles. The molecule has 0 radical (unpaired) electrons. The molecule has 8 heteroatoms. The van der Waals surface area contributed by atoms with Crippen LogP contribution in [0, 0.1) is 0 Å². The zero-order chi connectivity index (χ0) is 25.0. The van der Waals surface area contributed by atoms with E-state index in [0.717, 1.165) is 16.9 Å². The molecule has 0 aliphatic carbocycles. The summed E-state index contributed by atoms with van der Waals surface area (Å²) in [6.07, 6.45) is 0.0864. The number of amides is 2. The fraction of sp³-hybridized carbons (Fsp3) is 0.222. The number of methoxy groups -OCH3 is 1. The first-order valence-electron chi connectivity index (χ1n) is 11.2.